The molecule has 7 heteroatoms. The number of sulfonamides is 1. The van der Waals surface area contributed by atoms with E-state index >= 15 is 0 Å². The van der Waals surface area contributed by atoms with Crippen LogP contribution in [0.3, 0.4) is 0 Å². The van der Waals surface area contributed by atoms with E-state index in [1.807, 2.05) is 13.0 Å². The van der Waals surface area contributed by atoms with Crippen LogP contribution in [0.5, 0.6) is 0 Å². The Morgan fingerprint density at radius 3 is 2.67 bits per heavy atom. The van der Waals surface area contributed by atoms with Crippen molar-refractivity contribution in [2.45, 2.75) is 18.2 Å². The fourth-order valence-corrected chi connectivity index (χ4v) is 4.57. The van der Waals surface area contributed by atoms with Crippen molar-refractivity contribution in [2.24, 2.45) is 0 Å². The lowest BCUT2D eigenvalue weighted by Gasteiger charge is -2.20. The Morgan fingerprint density at radius 2 is 2.17 bits per heavy atom. The van der Waals surface area contributed by atoms with E-state index in [1.165, 1.54) is 6.07 Å². The zero-order chi connectivity index (χ0) is 13.8. The molecular weight excluding hydrogens is 340 g/mol. The molecule has 0 amide bonds. The van der Waals surface area contributed by atoms with Gasteiger partial charge in [0.05, 0.1) is 11.1 Å². The summed E-state index contributed by atoms with van der Waals surface area (Å²) in [6.45, 7) is 1.95. The molecule has 0 aliphatic heterocycles. The maximum atomic E-state index is 12.4. The molecule has 0 aliphatic rings. The smallest absolute Gasteiger partial charge is 0.207 e. The van der Waals surface area contributed by atoms with Gasteiger partial charge in [0.1, 0.15) is 11.4 Å². The highest BCUT2D eigenvalue weighted by Crippen LogP contribution is 2.31. The molecule has 0 spiro atoms. The summed E-state index contributed by atoms with van der Waals surface area (Å²) in [5.41, 5.74) is 0. The van der Waals surface area contributed by atoms with Crippen LogP contribution >= 0.6 is 27.5 Å². The maximum Gasteiger partial charge on any atom is 0.246 e. The Balaban J connectivity index is 3.32. The quantitative estimate of drug-likeness (QED) is 0.766. The van der Waals surface area contributed by atoms with E-state index in [0.717, 1.165) is 4.31 Å². The minimum Gasteiger partial charge on any atom is -0.207 e. The zero-order valence-corrected chi connectivity index (χ0v) is 12.9. The first kappa shape index (κ1) is 15.4. The SMILES string of the molecule is CCCN(CC#N)S(=O)(=O)c1c(Cl)cccc1Br. The highest BCUT2D eigenvalue weighted by Gasteiger charge is 2.28. The van der Waals surface area contributed by atoms with E-state index in [-0.39, 0.29) is 23.0 Å². The van der Waals surface area contributed by atoms with Gasteiger partial charge in [0.15, 0.2) is 0 Å². The summed E-state index contributed by atoms with van der Waals surface area (Å²) in [6, 6.07) is 6.62. The molecule has 0 N–H and O–H groups in total. The molecule has 0 aromatic heterocycles. The third-order valence-corrected chi connectivity index (χ3v) is 5.53. The van der Waals surface area contributed by atoms with Gasteiger partial charge < -0.3 is 0 Å². The second-order valence-corrected chi connectivity index (χ2v) is 6.68. The summed E-state index contributed by atoms with van der Waals surface area (Å²) < 4.78 is 26.3. The predicted octanol–water partition coefficient (Wildman–Crippen LogP) is 3.03. The highest BCUT2D eigenvalue weighted by atomic mass is 79.9. The van der Waals surface area contributed by atoms with Crippen LogP contribution in [0.2, 0.25) is 5.02 Å². The summed E-state index contributed by atoms with van der Waals surface area (Å²) in [5, 5.41) is 8.85. The van der Waals surface area contributed by atoms with E-state index < -0.39 is 10.0 Å². The van der Waals surface area contributed by atoms with Gasteiger partial charge in [-0.15, -0.1) is 0 Å². The first-order valence-corrected chi connectivity index (χ1v) is 7.87. The van der Waals surface area contributed by atoms with Crippen molar-refractivity contribution in [2.75, 3.05) is 13.1 Å². The molecular formula is C11H12BrClN2O2S. The number of nitriles is 1. The molecule has 0 radical (unpaired) electrons. The van der Waals surface area contributed by atoms with Crippen molar-refractivity contribution in [3.8, 4) is 6.07 Å². The molecule has 0 fully saturated rings. The fourth-order valence-electron chi connectivity index (χ4n) is 1.47. The van der Waals surface area contributed by atoms with Gasteiger partial charge >= 0.3 is 0 Å². The van der Waals surface area contributed by atoms with Crippen LogP contribution in [0.25, 0.3) is 0 Å². The Morgan fingerprint density at radius 1 is 1.50 bits per heavy atom. The average molecular weight is 352 g/mol. The molecule has 0 saturated carbocycles. The van der Waals surface area contributed by atoms with Gasteiger partial charge in [0, 0.05) is 11.0 Å². The number of hydrogen-bond acceptors (Lipinski definition) is 3. The van der Waals surface area contributed by atoms with Crippen LogP contribution in [0.1, 0.15) is 13.3 Å². The summed E-state index contributed by atoms with van der Waals surface area (Å²) in [7, 11) is -3.75. The number of benzene rings is 1. The van der Waals surface area contributed by atoms with Crippen molar-refractivity contribution in [1.82, 2.24) is 4.31 Å². The normalized spacial score (nSPS) is 11.5. The minimum atomic E-state index is -3.75. The Labute approximate surface area is 120 Å². The molecule has 0 unspecified atom stereocenters. The van der Waals surface area contributed by atoms with Crippen molar-refractivity contribution >= 4 is 37.6 Å². The van der Waals surface area contributed by atoms with Gasteiger partial charge in [-0.05, 0) is 34.5 Å². The number of nitrogens with zero attached hydrogens (tertiary/aromatic N) is 2. The molecule has 98 valence electrons. The van der Waals surface area contributed by atoms with E-state index in [1.54, 1.807) is 12.1 Å². The first-order valence-electron chi connectivity index (χ1n) is 5.26. The number of rotatable bonds is 5. The van der Waals surface area contributed by atoms with Crippen molar-refractivity contribution in [3.63, 3.8) is 0 Å². The van der Waals surface area contributed by atoms with Gasteiger partial charge in [-0.2, -0.15) is 9.57 Å². The van der Waals surface area contributed by atoms with Crippen LogP contribution in [0.15, 0.2) is 27.6 Å². The predicted molar refractivity (Wildman–Crippen MR) is 73.8 cm³/mol. The van der Waals surface area contributed by atoms with Crippen LogP contribution in [-0.4, -0.2) is 25.8 Å². The lowest BCUT2D eigenvalue weighted by atomic mass is 10.4. The van der Waals surface area contributed by atoms with E-state index in [0.29, 0.717) is 10.9 Å². The summed E-state index contributed by atoms with van der Waals surface area (Å²) in [4.78, 5) is 0.00960. The largest absolute Gasteiger partial charge is 0.246 e. The third-order valence-electron chi connectivity index (χ3n) is 2.24. The molecule has 0 bridgehead atoms. The maximum absolute atomic E-state index is 12.4. The molecule has 1 aromatic rings. The average Bonchev–Trinajstić information content (AvgIpc) is 2.28. The molecule has 0 heterocycles. The highest BCUT2D eigenvalue weighted by molar-refractivity contribution is 9.10. The monoisotopic (exact) mass is 350 g/mol. The molecule has 0 atom stereocenters. The summed E-state index contributed by atoms with van der Waals surface area (Å²) in [5.74, 6) is 0. The van der Waals surface area contributed by atoms with E-state index in [9.17, 15) is 8.42 Å². The minimum absolute atomic E-state index is 0.00960. The van der Waals surface area contributed by atoms with Gasteiger partial charge in [-0.1, -0.05) is 24.6 Å². The summed E-state index contributed by atoms with van der Waals surface area (Å²) in [6.07, 6.45) is 0.628. The van der Waals surface area contributed by atoms with Gasteiger partial charge in [0.2, 0.25) is 10.0 Å². The molecule has 1 aromatic carbocycles. The fraction of sp³-hybridized carbons (Fsp3) is 0.364. The van der Waals surface area contributed by atoms with Crippen LogP contribution in [0, 0.1) is 11.3 Å². The third kappa shape index (κ3) is 3.23. The molecule has 0 saturated heterocycles. The van der Waals surface area contributed by atoms with Crippen LogP contribution in [-0.2, 0) is 10.0 Å². The standard InChI is InChI=1S/C11H12BrClN2O2S/c1-2-7-15(8-6-14)18(16,17)11-9(12)4-3-5-10(11)13/h3-5H,2,7-8H2,1H3. The zero-order valence-electron chi connectivity index (χ0n) is 9.73. The lowest BCUT2D eigenvalue weighted by molar-refractivity contribution is 0.444. The van der Waals surface area contributed by atoms with Gasteiger partial charge in [-0.25, -0.2) is 8.42 Å². The van der Waals surface area contributed by atoms with Gasteiger partial charge in [-0.3, -0.25) is 0 Å². The Kier molecular flexibility index (Phi) is 5.60. The first-order chi connectivity index (χ1) is 8.45. The van der Waals surface area contributed by atoms with Crippen molar-refractivity contribution < 1.29 is 8.42 Å². The van der Waals surface area contributed by atoms with Crippen LogP contribution < -0.4 is 0 Å². The molecule has 0 aliphatic carbocycles. The second-order valence-electron chi connectivity index (χ2n) is 3.55. The molecule has 18 heavy (non-hydrogen) atoms. The Hall–Kier alpha value is -0.610. The van der Waals surface area contributed by atoms with Crippen molar-refractivity contribution in [1.29, 1.82) is 5.26 Å². The van der Waals surface area contributed by atoms with E-state index in [4.69, 9.17) is 16.9 Å². The van der Waals surface area contributed by atoms with Crippen molar-refractivity contribution in [3.05, 3.63) is 27.7 Å². The lowest BCUT2D eigenvalue weighted by Crippen LogP contribution is -2.32. The number of halogens is 2. The second kappa shape index (κ2) is 6.53. The van der Waals surface area contributed by atoms with E-state index in [2.05, 4.69) is 15.9 Å². The molecule has 1 rings (SSSR count). The topological polar surface area (TPSA) is 61.2 Å². The van der Waals surface area contributed by atoms with Gasteiger partial charge in [0.25, 0.3) is 0 Å². The Bertz CT molecular complexity index is 549. The molecule has 4 nitrogen and oxygen atoms in total. The summed E-state index contributed by atoms with van der Waals surface area (Å²) >= 11 is 9.12. The number of hydrogen-bond donors (Lipinski definition) is 0. The van der Waals surface area contributed by atoms with Crippen LogP contribution in [0.4, 0.5) is 0 Å².